The van der Waals surface area contributed by atoms with Crippen molar-refractivity contribution in [2.75, 3.05) is 23.7 Å². The van der Waals surface area contributed by atoms with E-state index in [0.29, 0.717) is 17.7 Å². The maximum absolute atomic E-state index is 13.6. The van der Waals surface area contributed by atoms with Crippen LogP contribution in [0.4, 0.5) is 26.1 Å². The molecule has 0 aliphatic heterocycles. The minimum atomic E-state index is -4.17. The highest BCUT2D eigenvalue weighted by Crippen LogP contribution is 2.15. The molecular weight excluding hydrogens is 390 g/mol. The molecule has 146 valence electrons. The molecule has 0 atom stereocenters. The van der Waals surface area contributed by atoms with Gasteiger partial charge in [0.2, 0.25) is 10.0 Å². The Bertz CT molecular complexity index is 1030. The van der Waals surface area contributed by atoms with Gasteiger partial charge in [0, 0.05) is 19.3 Å². The van der Waals surface area contributed by atoms with Crippen LogP contribution < -0.4 is 15.4 Å². The predicted molar refractivity (Wildman–Crippen MR) is 99.6 cm³/mol. The Labute approximate surface area is 160 Å². The fraction of sp³-hybridized carbons (Fsp3) is 0.118. The van der Waals surface area contributed by atoms with Crippen LogP contribution >= 0.6 is 0 Å². The topological polar surface area (TPSA) is 109 Å². The summed E-state index contributed by atoms with van der Waals surface area (Å²) < 4.78 is 53.1. The molecule has 0 unspecified atom stereocenters. The second kappa shape index (κ2) is 8.67. The number of nitrogens with one attached hydrogen (secondary N) is 3. The fourth-order valence-electron chi connectivity index (χ4n) is 2.21. The van der Waals surface area contributed by atoms with Crippen LogP contribution in [0.5, 0.6) is 0 Å². The van der Waals surface area contributed by atoms with Crippen molar-refractivity contribution in [2.45, 2.75) is 4.90 Å². The first-order valence-corrected chi connectivity index (χ1v) is 9.62. The van der Waals surface area contributed by atoms with Crippen LogP contribution in [0, 0.1) is 11.6 Å². The van der Waals surface area contributed by atoms with E-state index in [2.05, 4.69) is 30.5 Å². The van der Waals surface area contributed by atoms with Crippen molar-refractivity contribution in [3.63, 3.8) is 0 Å². The Balaban J connectivity index is 1.50. The summed E-state index contributed by atoms with van der Waals surface area (Å²) in [6.07, 6.45) is 3.29. The molecule has 28 heavy (non-hydrogen) atoms. The Morgan fingerprint density at radius 2 is 1.75 bits per heavy atom. The Morgan fingerprint density at radius 3 is 2.46 bits per heavy atom. The lowest BCUT2D eigenvalue weighted by molar-refractivity contribution is 0.546. The molecule has 2 aromatic heterocycles. The van der Waals surface area contributed by atoms with Gasteiger partial charge in [0.1, 0.15) is 22.3 Å². The van der Waals surface area contributed by atoms with Crippen molar-refractivity contribution < 1.29 is 17.2 Å². The Morgan fingerprint density at radius 1 is 0.964 bits per heavy atom. The number of hydrogen-bond donors (Lipinski definition) is 3. The van der Waals surface area contributed by atoms with Gasteiger partial charge in [-0.2, -0.15) is 0 Å². The van der Waals surface area contributed by atoms with Gasteiger partial charge in [0.25, 0.3) is 0 Å². The summed E-state index contributed by atoms with van der Waals surface area (Å²) in [4.78, 5) is 3.24. The smallest absolute Gasteiger partial charge is 0.243 e. The first-order chi connectivity index (χ1) is 13.4. The largest absolute Gasteiger partial charge is 0.367 e. The number of anilines is 3. The fourth-order valence-corrected chi connectivity index (χ4v) is 3.33. The number of nitrogens with zero attached hydrogens (tertiary/aromatic N) is 3. The van der Waals surface area contributed by atoms with E-state index in [9.17, 15) is 17.2 Å². The van der Waals surface area contributed by atoms with Gasteiger partial charge in [-0.1, -0.05) is 0 Å². The summed E-state index contributed by atoms with van der Waals surface area (Å²) in [5.41, 5.74) is 0.761. The minimum absolute atomic E-state index is 0.0599. The van der Waals surface area contributed by atoms with Gasteiger partial charge < -0.3 is 10.6 Å². The van der Waals surface area contributed by atoms with Gasteiger partial charge in [-0.05, 0) is 42.5 Å². The average Bonchev–Trinajstić information content (AvgIpc) is 2.69. The van der Waals surface area contributed by atoms with E-state index in [1.165, 1.54) is 0 Å². The van der Waals surface area contributed by atoms with Crippen molar-refractivity contribution in [3.8, 4) is 0 Å². The highest BCUT2D eigenvalue weighted by atomic mass is 32.2. The highest BCUT2D eigenvalue weighted by molar-refractivity contribution is 7.89. The second-order valence-electron chi connectivity index (χ2n) is 5.57. The first-order valence-electron chi connectivity index (χ1n) is 8.13. The zero-order valence-electron chi connectivity index (χ0n) is 14.4. The molecule has 0 spiro atoms. The summed E-state index contributed by atoms with van der Waals surface area (Å²) >= 11 is 0. The number of sulfonamides is 1. The summed E-state index contributed by atoms with van der Waals surface area (Å²) in [7, 11) is -4.17. The van der Waals surface area contributed by atoms with Gasteiger partial charge in [-0.25, -0.2) is 21.9 Å². The molecule has 0 fully saturated rings. The minimum Gasteiger partial charge on any atom is -0.367 e. The number of hydrogen-bond acceptors (Lipinski definition) is 7. The highest BCUT2D eigenvalue weighted by Gasteiger charge is 2.19. The molecule has 11 heteroatoms. The summed E-state index contributed by atoms with van der Waals surface area (Å²) in [6, 6.07) is 9.20. The number of rotatable bonds is 8. The Kier molecular flexibility index (Phi) is 6.06. The second-order valence-corrected chi connectivity index (χ2v) is 7.31. The monoisotopic (exact) mass is 406 g/mol. The normalized spacial score (nSPS) is 11.2. The van der Waals surface area contributed by atoms with E-state index in [1.54, 1.807) is 30.6 Å². The molecule has 2 heterocycles. The van der Waals surface area contributed by atoms with Crippen LogP contribution in [0.1, 0.15) is 0 Å². The van der Waals surface area contributed by atoms with Gasteiger partial charge in [0.15, 0.2) is 5.82 Å². The number of benzene rings is 1. The quantitative estimate of drug-likeness (QED) is 0.493. The molecule has 0 saturated carbocycles. The molecule has 0 radical (unpaired) electrons. The van der Waals surface area contributed by atoms with Crippen molar-refractivity contribution in [1.82, 2.24) is 19.9 Å². The predicted octanol–water partition coefficient (Wildman–Crippen LogP) is 2.28. The molecule has 0 bridgehead atoms. The van der Waals surface area contributed by atoms with Crippen molar-refractivity contribution >= 4 is 27.3 Å². The summed E-state index contributed by atoms with van der Waals surface area (Å²) in [5, 5.41) is 13.9. The first kappa shape index (κ1) is 19.6. The molecule has 3 rings (SSSR count). The van der Waals surface area contributed by atoms with Crippen LogP contribution in [0.15, 0.2) is 59.8 Å². The van der Waals surface area contributed by atoms with Gasteiger partial charge in [0.05, 0.1) is 11.9 Å². The lowest BCUT2D eigenvalue weighted by atomic mass is 10.3. The lowest BCUT2D eigenvalue weighted by Crippen LogP contribution is -2.29. The molecule has 0 saturated heterocycles. The standard InChI is InChI=1S/C17H16F2N6O2S/c18-12-3-4-14(19)15(10-12)28(26,27)22-9-8-21-16-5-6-17(25-24-16)23-13-2-1-7-20-11-13/h1-7,10-11,22H,8-9H2,(H,21,24)(H,23,25). The van der Waals surface area contributed by atoms with Gasteiger partial charge in [-0.3, -0.25) is 4.98 Å². The third-order valence-electron chi connectivity index (χ3n) is 3.50. The van der Waals surface area contributed by atoms with Crippen LogP contribution in [0.25, 0.3) is 0 Å². The number of pyridine rings is 1. The third kappa shape index (κ3) is 5.18. The van der Waals surface area contributed by atoms with E-state index in [-0.39, 0.29) is 13.1 Å². The maximum atomic E-state index is 13.6. The van der Waals surface area contributed by atoms with Crippen LogP contribution in [-0.2, 0) is 10.0 Å². The van der Waals surface area contributed by atoms with Gasteiger partial charge >= 0.3 is 0 Å². The van der Waals surface area contributed by atoms with E-state index >= 15 is 0 Å². The average molecular weight is 406 g/mol. The molecule has 0 aliphatic carbocycles. The van der Waals surface area contributed by atoms with Crippen LogP contribution in [0.2, 0.25) is 0 Å². The summed E-state index contributed by atoms with van der Waals surface area (Å²) in [5.74, 6) is -0.923. The maximum Gasteiger partial charge on any atom is 0.243 e. The van der Waals surface area contributed by atoms with Gasteiger partial charge in [-0.15, -0.1) is 10.2 Å². The summed E-state index contributed by atoms with van der Waals surface area (Å²) in [6.45, 7) is 0.107. The molecular formula is C17H16F2N6O2S. The van der Waals surface area contributed by atoms with E-state index < -0.39 is 26.6 Å². The van der Waals surface area contributed by atoms with E-state index in [0.717, 1.165) is 17.8 Å². The molecule has 3 N–H and O–H groups in total. The zero-order valence-corrected chi connectivity index (χ0v) is 15.2. The lowest BCUT2D eigenvalue weighted by Gasteiger charge is -2.09. The molecule has 1 aromatic carbocycles. The molecule has 3 aromatic rings. The molecule has 0 aliphatic rings. The SMILES string of the molecule is O=S(=O)(NCCNc1ccc(Nc2cccnc2)nn1)c1cc(F)ccc1F. The van der Waals surface area contributed by atoms with Crippen molar-refractivity contribution in [3.05, 3.63) is 66.5 Å². The molecule has 0 amide bonds. The molecule has 8 nitrogen and oxygen atoms in total. The number of aromatic nitrogens is 3. The van der Waals surface area contributed by atoms with E-state index in [1.807, 2.05) is 6.07 Å². The van der Waals surface area contributed by atoms with Crippen LogP contribution in [-0.4, -0.2) is 36.7 Å². The number of halogens is 2. The third-order valence-corrected chi connectivity index (χ3v) is 4.98. The van der Waals surface area contributed by atoms with Crippen molar-refractivity contribution in [1.29, 1.82) is 0 Å². The zero-order chi connectivity index (χ0) is 20.0. The van der Waals surface area contributed by atoms with E-state index in [4.69, 9.17) is 0 Å². The van der Waals surface area contributed by atoms with Crippen molar-refractivity contribution in [2.24, 2.45) is 0 Å². The Hall–Kier alpha value is -3.18. The van der Waals surface area contributed by atoms with Crippen LogP contribution in [0.3, 0.4) is 0 Å².